The Bertz CT molecular complexity index is 893. The van der Waals surface area contributed by atoms with Crippen molar-refractivity contribution in [2.75, 3.05) is 31.7 Å². The molecule has 27 heavy (non-hydrogen) atoms. The van der Waals surface area contributed by atoms with Gasteiger partial charge in [0.2, 0.25) is 0 Å². The summed E-state index contributed by atoms with van der Waals surface area (Å²) in [4.78, 5) is 12.0. The Kier molecular flexibility index (Phi) is 6.68. The molecule has 0 saturated heterocycles. The third-order valence-corrected chi connectivity index (χ3v) is 5.61. The van der Waals surface area contributed by atoms with Crippen LogP contribution in [0.2, 0.25) is 0 Å². The van der Waals surface area contributed by atoms with Gasteiger partial charge < -0.3 is 14.2 Å². The van der Waals surface area contributed by atoms with E-state index in [1.165, 1.54) is 32.4 Å². The van der Waals surface area contributed by atoms with E-state index in [-0.39, 0.29) is 17.3 Å². The van der Waals surface area contributed by atoms with Gasteiger partial charge in [0.05, 0.1) is 31.4 Å². The predicted molar refractivity (Wildman–Crippen MR) is 102 cm³/mol. The number of sulfonamides is 1. The first-order valence-corrected chi connectivity index (χ1v) is 9.74. The predicted octanol–water partition coefficient (Wildman–Crippen LogP) is 2.77. The second-order valence-electron chi connectivity index (χ2n) is 5.67. The molecule has 0 unspecified atom stereocenters. The van der Waals surface area contributed by atoms with Gasteiger partial charge in [0, 0.05) is 6.07 Å². The highest BCUT2D eigenvalue weighted by molar-refractivity contribution is 7.92. The molecule has 0 aliphatic heterocycles. The number of carbonyl (C=O) groups is 1. The van der Waals surface area contributed by atoms with E-state index >= 15 is 0 Å². The van der Waals surface area contributed by atoms with Crippen LogP contribution in [0.4, 0.5) is 5.69 Å². The van der Waals surface area contributed by atoms with E-state index in [9.17, 15) is 13.2 Å². The Labute approximate surface area is 159 Å². The number of hydrogen-bond acceptors (Lipinski definition) is 6. The van der Waals surface area contributed by atoms with E-state index in [1.807, 2.05) is 6.92 Å². The zero-order chi connectivity index (χ0) is 20.0. The lowest BCUT2D eigenvalue weighted by atomic mass is 10.2. The Morgan fingerprint density at radius 1 is 1.00 bits per heavy atom. The van der Waals surface area contributed by atoms with Gasteiger partial charge in [-0.1, -0.05) is 17.7 Å². The molecule has 2 aromatic rings. The zero-order valence-corrected chi connectivity index (χ0v) is 16.6. The summed E-state index contributed by atoms with van der Waals surface area (Å²) in [6.07, 6.45) is 0. The van der Waals surface area contributed by atoms with Crippen LogP contribution in [0.25, 0.3) is 0 Å². The third-order valence-electron chi connectivity index (χ3n) is 3.84. The van der Waals surface area contributed by atoms with E-state index in [2.05, 4.69) is 0 Å². The second kappa shape index (κ2) is 8.77. The lowest BCUT2D eigenvalue weighted by Crippen LogP contribution is -2.36. The van der Waals surface area contributed by atoms with E-state index in [0.717, 1.165) is 9.87 Å². The van der Waals surface area contributed by atoms with Gasteiger partial charge in [-0.05, 0) is 38.1 Å². The number of rotatable bonds is 8. The summed E-state index contributed by atoms with van der Waals surface area (Å²) >= 11 is 0. The maximum Gasteiger partial charge on any atom is 0.326 e. The molecule has 2 rings (SSSR count). The number of hydrogen-bond donors (Lipinski definition) is 0. The molecule has 0 N–H and O–H groups in total. The molecule has 8 heteroatoms. The van der Waals surface area contributed by atoms with Crippen LogP contribution in [0.1, 0.15) is 12.5 Å². The first-order chi connectivity index (χ1) is 12.8. The standard InChI is InChI=1S/C19H23NO6S/c1-5-26-19(21)13-20(15-8-6-14(2)7-9-15)27(22,23)16-10-11-17(24-3)18(12-16)25-4/h6-12H,5,13H2,1-4H3. The van der Waals surface area contributed by atoms with E-state index in [0.29, 0.717) is 11.4 Å². The number of methoxy groups -OCH3 is 2. The lowest BCUT2D eigenvalue weighted by Gasteiger charge is -2.24. The minimum atomic E-state index is -4.04. The number of anilines is 1. The van der Waals surface area contributed by atoms with Crippen molar-refractivity contribution < 1.29 is 27.4 Å². The van der Waals surface area contributed by atoms with E-state index in [1.54, 1.807) is 31.2 Å². The van der Waals surface area contributed by atoms with Crippen molar-refractivity contribution in [3.8, 4) is 11.5 Å². The highest BCUT2D eigenvalue weighted by atomic mass is 32.2. The number of ether oxygens (including phenoxy) is 3. The summed E-state index contributed by atoms with van der Waals surface area (Å²) in [6, 6.07) is 11.1. The van der Waals surface area contributed by atoms with Crippen LogP contribution < -0.4 is 13.8 Å². The fourth-order valence-electron chi connectivity index (χ4n) is 2.45. The average molecular weight is 393 g/mol. The highest BCUT2D eigenvalue weighted by Gasteiger charge is 2.28. The molecule has 0 spiro atoms. The minimum absolute atomic E-state index is 0.0231. The van der Waals surface area contributed by atoms with Crippen molar-refractivity contribution in [2.24, 2.45) is 0 Å². The monoisotopic (exact) mass is 393 g/mol. The lowest BCUT2D eigenvalue weighted by molar-refractivity contribution is -0.141. The van der Waals surface area contributed by atoms with Crippen molar-refractivity contribution in [3.63, 3.8) is 0 Å². The van der Waals surface area contributed by atoms with Crippen LogP contribution in [0, 0.1) is 6.92 Å². The van der Waals surface area contributed by atoms with Crippen LogP contribution in [-0.2, 0) is 19.6 Å². The first kappa shape index (κ1) is 20.6. The van der Waals surface area contributed by atoms with Gasteiger partial charge >= 0.3 is 5.97 Å². The largest absolute Gasteiger partial charge is 0.493 e. The van der Waals surface area contributed by atoms with E-state index < -0.39 is 22.5 Å². The smallest absolute Gasteiger partial charge is 0.326 e. The number of benzene rings is 2. The molecular formula is C19H23NO6S. The minimum Gasteiger partial charge on any atom is -0.493 e. The van der Waals surface area contributed by atoms with Crippen LogP contribution in [-0.4, -0.2) is 41.8 Å². The highest BCUT2D eigenvalue weighted by Crippen LogP contribution is 2.32. The fraction of sp³-hybridized carbons (Fsp3) is 0.316. The summed E-state index contributed by atoms with van der Waals surface area (Å²) in [7, 11) is -1.16. The maximum absolute atomic E-state index is 13.2. The van der Waals surface area contributed by atoms with Gasteiger partial charge in [-0.25, -0.2) is 8.42 Å². The summed E-state index contributed by atoms with van der Waals surface area (Å²) in [5.74, 6) is 0.0458. The molecule has 0 amide bonds. The molecule has 7 nitrogen and oxygen atoms in total. The van der Waals surface area contributed by atoms with Gasteiger partial charge in [0.25, 0.3) is 10.0 Å². The maximum atomic E-state index is 13.2. The van der Waals surface area contributed by atoms with Crippen molar-refractivity contribution in [3.05, 3.63) is 48.0 Å². The molecule has 0 bridgehead atoms. The zero-order valence-electron chi connectivity index (χ0n) is 15.8. The van der Waals surface area contributed by atoms with Gasteiger partial charge in [-0.3, -0.25) is 9.10 Å². The quantitative estimate of drug-likeness (QED) is 0.642. The second-order valence-corrected chi connectivity index (χ2v) is 7.53. The van der Waals surface area contributed by atoms with Gasteiger partial charge in [-0.15, -0.1) is 0 Å². The van der Waals surface area contributed by atoms with E-state index in [4.69, 9.17) is 14.2 Å². The van der Waals surface area contributed by atoms with Crippen molar-refractivity contribution in [2.45, 2.75) is 18.7 Å². The molecule has 146 valence electrons. The topological polar surface area (TPSA) is 82.1 Å². The van der Waals surface area contributed by atoms with Crippen molar-refractivity contribution in [1.82, 2.24) is 0 Å². The molecular weight excluding hydrogens is 370 g/mol. The number of esters is 1. The first-order valence-electron chi connectivity index (χ1n) is 8.30. The SMILES string of the molecule is CCOC(=O)CN(c1ccc(C)cc1)S(=O)(=O)c1ccc(OC)c(OC)c1. The molecule has 0 aliphatic rings. The molecule has 0 saturated carbocycles. The van der Waals surface area contributed by atoms with Gasteiger partial charge in [0.1, 0.15) is 6.54 Å². The van der Waals surface area contributed by atoms with Gasteiger partial charge in [0.15, 0.2) is 11.5 Å². The Morgan fingerprint density at radius 3 is 2.19 bits per heavy atom. The summed E-state index contributed by atoms with van der Waals surface area (Å²) in [5.41, 5.74) is 1.33. The van der Waals surface area contributed by atoms with Crippen LogP contribution in [0.5, 0.6) is 11.5 Å². The normalized spacial score (nSPS) is 11.0. The molecule has 0 aliphatic carbocycles. The molecule has 0 fully saturated rings. The average Bonchev–Trinajstić information content (AvgIpc) is 2.66. The fourth-order valence-corrected chi connectivity index (χ4v) is 3.88. The van der Waals surface area contributed by atoms with Crippen molar-refractivity contribution >= 4 is 21.7 Å². The molecule has 2 aromatic carbocycles. The number of aryl methyl sites for hydroxylation is 1. The molecule has 0 aromatic heterocycles. The van der Waals surface area contributed by atoms with Crippen LogP contribution >= 0.6 is 0 Å². The Balaban J connectivity index is 2.52. The Morgan fingerprint density at radius 2 is 1.63 bits per heavy atom. The number of carbonyl (C=O) groups excluding carboxylic acids is 1. The summed E-state index contributed by atoms with van der Waals surface area (Å²) in [5, 5.41) is 0. The van der Waals surface area contributed by atoms with Crippen molar-refractivity contribution in [1.29, 1.82) is 0 Å². The molecule has 0 heterocycles. The molecule has 0 atom stereocenters. The van der Waals surface area contributed by atoms with Crippen LogP contribution in [0.15, 0.2) is 47.4 Å². The van der Waals surface area contributed by atoms with Gasteiger partial charge in [-0.2, -0.15) is 0 Å². The summed E-state index contributed by atoms with van der Waals surface area (Å²) < 4.78 is 42.8. The number of nitrogens with zero attached hydrogens (tertiary/aromatic N) is 1. The van der Waals surface area contributed by atoms with Crippen LogP contribution in [0.3, 0.4) is 0 Å². The summed E-state index contributed by atoms with van der Waals surface area (Å²) in [6.45, 7) is 3.28. The third kappa shape index (κ3) is 4.71. The Hall–Kier alpha value is -2.74. The molecule has 0 radical (unpaired) electrons.